The average Bonchev–Trinajstić information content (AvgIpc) is 3.35. The van der Waals surface area contributed by atoms with Crippen LogP contribution in [0.25, 0.3) is 5.65 Å². The minimum absolute atomic E-state index is 0.213. The molecule has 4 aromatic rings. The summed E-state index contributed by atoms with van der Waals surface area (Å²) < 4.78 is 13.1. The van der Waals surface area contributed by atoms with Gasteiger partial charge in [0.2, 0.25) is 5.95 Å². The molecule has 0 radical (unpaired) electrons. The number of alkyl carbamates (subject to hydrolysis) is 1. The lowest BCUT2D eigenvalue weighted by Gasteiger charge is -2.22. The number of fused-ring (bicyclic) bond motifs is 1. The van der Waals surface area contributed by atoms with Gasteiger partial charge in [-0.25, -0.2) is 14.8 Å². The molecular formula is C29H34Cl2N6O4. The first-order chi connectivity index (χ1) is 19.6. The minimum atomic E-state index is -0.621. The highest BCUT2D eigenvalue weighted by Crippen LogP contribution is 2.35. The lowest BCUT2D eigenvalue weighted by molar-refractivity contribution is 0.0476. The first-order valence-electron chi connectivity index (χ1n) is 13.2. The van der Waals surface area contributed by atoms with Crippen molar-refractivity contribution >= 4 is 46.6 Å². The fourth-order valence-electron chi connectivity index (χ4n) is 4.23. The van der Waals surface area contributed by atoms with Gasteiger partial charge in [-0.1, -0.05) is 41.4 Å². The average molecular weight is 602 g/mol. The number of halogens is 2. The van der Waals surface area contributed by atoms with Crippen molar-refractivity contribution in [3.8, 4) is 5.75 Å². The van der Waals surface area contributed by atoms with E-state index >= 15 is 0 Å². The highest BCUT2D eigenvalue weighted by atomic mass is 35.5. The largest absolute Gasteiger partial charge is 0.493 e. The maximum atomic E-state index is 12.0. The van der Waals surface area contributed by atoms with Gasteiger partial charge in [-0.15, -0.1) is 0 Å². The molecule has 0 saturated heterocycles. The lowest BCUT2D eigenvalue weighted by atomic mass is 10.1. The van der Waals surface area contributed by atoms with E-state index in [1.165, 1.54) is 6.33 Å². The molecule has 0 fully saturated rings. The summed E-state index contributed by atoms with van der Waals surface area (Å²) in [6.45, 7) is 5.47. The third kappa shape index (κ3) is 7.78. The summed E-state index contributed by atoms with van der Waals surface area (Å²) in [6.07, 6.45) is 4.12. The van der Waals surface area contributed by atoms with Crippen LogP contribution >= 0.6 is 23.2 Å². The Morgan fingerprint density at radius 1 is 1.15 bits per heavy atom. The molecule has 1 amide bonds. The Morgan fingerprint density at radius 3 is 2.61 bits per heavy atom. The number of aromatic nitrogens is 4. The van der Waals surface area contributed by atoms with Crippen molar-refractivity contribution in [3.05, 3.63) is 76.2 Å². The van der Waals surface area contributed by atoms with Crippen molar-refractivity contribution in [2.45, 2.75) is 51.7 Å². The predicted octanol–water partition coefficient (Wildman–Crippen LogP) is 5.83. The molecule has 2 heterocycles. The number of carbonyl (C=O) groups excluding carboxylic acids is 1. The molecule has 0 aliphatic heterocycles. The zero-order valence-corrected chi connectivity index (χ0v) is 25.0. The second-order valence-electron chi connectivity index (χ2n) is 10.5. The maximum Gasteiger partial charge on any atom is 0.407 e. The Balaban J connectivity index is 1.47. The van der Waals surface area contributed by atoms with Gasteiger partial charge >= 0.3 is 6.09 Å². The number of para-hydroxylation sites is 1. The topological polar surface area (TPSA) is 114 Å². The summed E-state index contributed by atoms with van der Waals surface area (Å²) in [5.74, 6) is 1.19. The van der Waals surface area contributed by atoms with E-state index in [2.05, 4.69) is 20.4 Å². The second kappa shape index (κ2) is 13.4. The molecule has 0 spiro atoms. The first kappa shape index (κ1) is 30.4. The molecule has 10 nitrogen and oxygen atoms in total. The third-order valence-corrected chi connectivity index (χ3v) is 7.06. The second-order valence-corrected chi connectivity index (χ2v) is 11.3. The fraction of sp³-hybridized carbons (Fsp3) is 0.379. The monoisotopic (exact) mass is 600 g/mol. The van der Waals surface area contributed by atoms with Crippen LogP contribution in [0.5, 0.6) is 5.75 Å². The highest BCUT2D eigenvalue weighted by Gasteiger charge is 2.21. The number of benzene rings is 2. The van der Waals surface area contributed by atoms with E-state index in [0.717, 1.165) is 11.3 Å². The van der Waals surface area contributed by atoms with Crippen LogP contribution in [0.1, 0.15) is 44.7 Å². The molecule has 0 unspecified atom stereocenters. The van der Waals surface area contributed by atoms with Crippen LogP contribution in [0.2, 0.25) is 10.0 Å². The maximum absolute atomic E-state index is 12.0. The van der Waals surface area contributed by atoms with Gasteiger partial charge in [0.25, 0.3) is 0 Å². The Hall–Kier alpha value is -3.60. The van der Waals surface area contributed by atoms with Crippen molar-refractivity contribution < 1.29 is 19.4 Å². The number of carbonyl (C=O) groups is 1. The molecule has 0 aliphatic carbocycles. The van der Waals surface area contributed by atoms with Gasteiger partial charge in [-0.3, -0.25) is 0 Å². The third-order valence-electron chi connectivity index (χ3n) is 6.22. The number of nitrogens with one attached hydrogen (secondary N) is 1. The van der Waals surface area contributed by atoms with E-state index < -0.39 is 17.7 Å². The molecule has 4 rings (SSSR count). The molecule has 0 bridgehead atoms. The zero-order valence-electron chi connectivity index (χ0n) is 23.5. The Morgan fingerprint density at radius 2 is 1.90 bits per heavy atom. The molecule has 0 saturated carbocycles. The summed E-state index contributed by atoms with van der Waals surface area (Å²) in [7, 11) is 1.92. The smallest absolute Gasteiger partial charge is 0.407 e. The SMILES string of the molecule is CN(c1ccccc1)c1ncnc2c(Cc3c(OCCC[C@H](CO)NC(=O)OC(C)(C)C)ccc(Cl)c3Cl)cnn12. The summed E-state index contributed by atoms with van der Waals surface area (Å²) in [6, 6.07) is 12.9. The van der Waals surface area contributed by atoms with E-state index in [0.29, 0.717) is 58.8 Å². The van der Waals surface area contributed by atoms with Gasteiger partial charge in [0.1, 0.15) is 17.7 Å². The number of aliphatic hydroxyl groups is 1. The molecule has 218 valence electrons. The van der Waals surface area contributed by atoms with Crippen LogP contribution in [-0.2, 0) is 11.2 Å². The van der Waals surface area contributed by atoms with Crippen LogP contribution in [-0.4, -0.2) is 62.7 Å². The number of rotatable bonds is 11. The predicted molar refractivity (Wildman–Crippen MR) is 160 cm³/mol. The summed E-state index contributed by atoms with van der Waals surface area (Å²) in [4.78, 5) is 22.9. The van der Waals surface area contributed by atoms with E-state index in [-0.39, 0.29) is 6.61 Å². The lowest BCUT2D eigenvalue weighted by Crippen LogP contribution is -2.41. The summed E-state index contributed by atoms with van der Waals surface area (Å²) in [5.41, 5.74) is 2.51. The quantitative estimate of drug-likeness (QED) is 0.206. The van der Waals surface area contributed by atoms with Crippen molar-refractivity contribution in [1.82, 2.24) is 24.9 Å². The minimum Gasteiger partial charge on any atom is -0.493 e. The molecule has 41 heavy (non-hydrogen) atoms. The number of aliphatic hydroxyl groups excluding tert-OH is 1. The van der Waals surface area contributed by atoms with Gasteiger partial charge in [-0.2, -0.15) is 9.61 Å². The number of hydrogen-bond acceptors (Lipinski definition) is 8. The van der Waals surface area contributed by atoms with Crippen LogP contribution < -0.4 is 15.0 Å². The molecule has 2 aromatic carbocycles. The van der Waals surface area contributed by atoms with Gasteiger partial charge < -0.3 is 24.8 Å². The van der Waals surface area contributed by atoms with E-state index in [4.69, 9.17) is 32.7 Å². The standard InChI is InChI=1S/C29H34Cl2N6O4/c1-29(2,3)41-28(39)35-20(17-38)9-8-14-40-24-13-12-23(30)25(31)22(24)15-19-16-34-37-26(19)32-18-33-27(37)36(4)21-10-6-5-7-11-21/h5-7,10-13,16,18,20,38H,8-9,14-15,17H2,1-4H3,(H,35,39)/t20-/m1/s1. The molecule has 2 N–H and O–H groups in total. The first-order valence-corrected chi connectivity index (χ1v) is 14.0. The number of amides is 1. The van der Waals surface area contributed by atoms with Crippen LogP contribution in [0.4, 0.5) is 16.4 Å². The van der Waals surface area contributed by atoms with Gasteiger partial charge in [0.05, 0.1) is 35.5 Å². The molecule has 0 aliphatic rings. The van der Waals surface area contributed by atoms with E-state index in [9.17, 15) is 9.90 Å². The van der Waals surface area contributed by atoms with Gasteiger partial charge in [0.15, 0.2) is 5.65 Å². The van der Waals surface area contributed by atoms with Gasteiger partial charge in [0, 0.05) is 30.3 Å². The molecule has 1 atom stereocenters. The fourth-order valence-corrected chi connectivity index (χ4v) is 4.63. The van der Waals surface area contributed by atoms with E-state index in [1.54, 1.807) is 43.6 Å². The van der Waals surface area contributed by atoms with Crippen LogP contribution in [0.3, 0.4) is 0 Å². The van der Waals surface area contributed by atoms with Gasteiger partial charge in [-0.05, 0) is 57.9 Å². The summed E-state index contributed by atoms with van der Waals surface area (Å²) >= 11 is 13.0. The number of hydrogen-bond donors (Lipinski definition) is 2. The molecule has 2 aromatic heterocycles. The van der Waals surface area contributed by atoms with Crippen molar-refractivity contribution in [2.75, 3.05) is 25.2 Å². The number of nitrogens with zero attached hydrogens (tertiary/aromatic N) is 5. The van der Waals surface area contributed by atoms with Crippen LogP contribution in [0, 0.1) is 0 Å². The van der Waals surface area contributed by atoms with Crippen molar-refractivity contribution in [3.63, 3.8) is 0 Å². The molecular weight excluding hydrogens is 567 g/mol. The Labute approximate surface area is 249 Å². The normalized spacial score (nSPS) is 12.3. The number of ether oxygens (including phenoxy) is 2. The Kier molecular flexibility index (Phi) is 9.90. The van der Waals surface area contributed by atoms with Crippen molar-refractivity contribution in [2.24, 2.45) is 0 Å². The zero-order chi connectivity index (χ0) is 29.6. The van der Waals surface area contributed by atoms with Crippen LogP contribution in [0.15, 0.2) is 55.0 Å². The van der Waals surface area contributed by atoms with E-state index in [1.807, 2.05) is 42.3 Å². The highest BCUT2D eigenvalue weighted by molar-refractivity contribution is 6.42. The van der Waals surface area contributed by atoms with Crippen molar-refractivity contribution in [1.29, 1.82) is 0 Å². The summed E-state index contributed by atoms with van der Waals surface area (Å²) in [5, 5.41) is 17.7. The Bertz CT molecular complexity index is 1480. The number of anilines is 2. The molecule has 12 heteroatoms.